The molecule has 1 unspecified atom stereocenters. The molecular formula is C14H16N4O2. The van der Waals surface area contributed by atoms with E-state index in [0.29, 0.717) is 18.6 Å². The second-order valence-corrected chi connectivity index (χ2v) is 5.46. The van der Waals surface area contributed by atoms with Crippen LogP contribution in [0.1, 0.15) is 19.8 Å². The number of rotatable bonds is 2. The van der Waals surface area contributed by atoms with Crippen LogP contribution in [-0.2, 0) is 4.79 Å². The van der Waals surface area contributed by atoms with E-state index in [4.69, 9.17) is 0 Å². The van der Waals surface area contributed by atoms with Crippen molar-refractivity contribution in [1.82, 2.24) is 15.0 Å². The first-order chi connectivity index (χ1) is 9.58. The van der Waals surface area contributed by atoms with E-state index < -0.39 is 11.4 Å². The van der Waals surface area contributed by atoms with Gasteiger partial charge >= 0.3 is 5.97 Å². The molecule has 6 heteroatoms. The Hall–Kier alpha value is -2.24. The molecule has 6 nitrogen and oxygen atoms in total. The van der Waals surface area contributed by atoms with Crippen LogP contribution in [0.3, 0.4) is 0 Å². The number of anilines is 1. The molecule has 0 bridgehead atoms. The van der Waals surface area contributed by atoms with Gasteiger partial charge in [0.15, 0.2) is 5.65 Å². The van der Waals surface area contributed by atoms with Gasteiger partial charge in [-0.05, 0) is 31.9 Å². The summed E-state index contributed by atoms with van der Waals surface area (Å²) in [5, 5.41) is 9.36. The molecule has 0 aromatic carbocycles. The van der Waals surface area contributed by atoms with E-state index in [2.05, 4.69) is 15.0 Å². The third kappa shape index (κ3) is 2.17. The standard InChI is InChI=1S/C14H16N4O2/c1-14(13(19)20)5-2-8-18(9-14)11-4-3-10-12(17-11)16-7-6-15-10/h3-4,6-7H,2,5,8-9H2,1H3,(H,19,20). The highest BCUT2D eigenvalue weighted by atomic mass is 16.4. The van der Waals surface area contributed by atoms with Crippen molar-refractivity contribution >= 4 is 23.0 Å². The van der Waals surface area contributed by atoms with Crippen LogP contribution in [0.15, 0.2) is 24.5 Å². The van der Waals surface area contributed by atoms with Crippen LogP contribution in [0.4, 0.5) is 5.82 Å². The molecule has 2 aromatic heterocycles. The zero-order valence-corrected chi connectivity index (χ0v) is 11.3. The maximum Gasteiger partial charge on any atom is 0.311 e. The van der Waals surface area contributed by atoms with Crippen LogP contribution in [0.2, 0.25) is 0 Å². The van der Waals surface area contributed by atoms with Gasteiger partial charge in [0.1, 0.15) is 11.3 Å². The molecule has 20 heavy (non-hydrogen) atoms. The van der Waals surface area contributed by atoms with Crippen molar-refractivity contribution in [3.05, 3.63) is 24.5 Å². The molecule has 0 radical (unpaired) electrons. The minimum Gasteiger partial charge on any atom is -0.481 e. The van der Waals surface area contributed by atoms with Crippen LogP contribution in [-0.4, -0.2) is 39.1 Å². The lowest BCUT2D eigenvalue weighted by Crippen LogP contribution is -2.46. The molecule has 1 aliphatic heterocycles. The molecular weight excluding hydrogens is 256 g/mol. The van der Waals surface area contributed by atoms with Gasteiger partial charge in [-0.25, -0.2) is 9.97 Å². The summed E-state index contributed by atoms with van der Waals surface area (Å²) in [6, 6.07) is 3.75. The zero-order valence-electron chi connectivity index (χ0n) is 11.3. The van der Waals surface area contributed by atoms with E-state index in [-0.39, 0.29) is 0 Å². The van der Waals surface area contributed by atoms with Gasteiger partial charge in [0.25, 0.3) is 0 Å². The van der Waals surface area contributed by atoms with E-state index in [1.807, 2.05) is 17.0 Å². The summed E-state index contributed by atoms with van der Waals surface area (Å²) in [5.74, 6) is 0.0213. The Morgan fingerprint density at radius 3 is 2.95 bits per heavy atom. The first kappa shape index (κ1) is 12.8. The first-order valence-corrected chi connectivity index (χ1v) is 6.65. The largest absolute Gasteiger partial charge is 0.481 e. The molecule has 1 atom stereocenters. The molecule has 1 aliphatic rings. The number of pyridine rings is 1. The Labute approximate surface area is 116 Å². The molecule has 1 fully saturated rings. The number of piperidine rings is 1. The SMILES string of the molecule is CC1(C(=O)O)CCCN(c2ccc3nccnc3n2)C1. The van der Waals surface area contributed by atoms with E-state index in [1.54, 1.807) is 19.3 Å². The maximum atomic E-state index is 11.4. The van der Waals surface area contributed by atoms with E-state index in [9.17, 15) is 9.90 Å². The Kier molecular flexibility index (Phi) is 3.00. The molecule has 104 valence electrons. The second kappa shape index (κ2) is 4.70. The molecule has 0 spiro atoms. The number of carboxylic acids is 1. The van der Waals surface area contributed by atoms with Crippen molar-refractivity contribution in [2.75, 3.05) is 18.0 Å². The number of fused-ring (bicyclic) bond motifs is 1. The third-order valence-electron chi connectivity index (χ3n) is 3.85. The fourth-order valence-electron chi connectivity index (χ4n) is 2.63. The summed E-state index contributed by atoms with van der Waals surface area (Å²) in [7, 11) is 0. The lowest BCUT2D eigenvalue weighted by atomic mass is 9.82. The summed E-state index contributed by atoms with van der Waals surface area (Å²) < 4.78 is 0. The van der Waals surface area contributed by atoms with Gasteiger partial charge in [0.05, 0.1) is 5.41 Å². The van der Waals surface area contributed by atoms with E-state index >= 15 is 0 Å². The monoisotopic (exact) mass is 272 g/mol. The summed E-state index contributed by atoms with van der Waals surface area (Å²) >= 11 is 0. The summed E-state index contributed by atoms with van der Waals surface area (Å²) in [6.45, 7) is 3.09. The van der Waals surface area contributed by atoms with Crippen LogP contribution in [0.5, 0.6) is 0 Å². The smallest absolute Gasteiger partial charge is 0.311 e. The van der Waals surface area contributed by atoms with Gasteiger partial charge in [-0.1, -0.05) is 0 Å². The van der Waals surface area contributed by atoms with Gasteiger partial charge < -0.3 is 10.0 Å². The Bertz CT molecular complexity index is 660. The minimum atomic E-state index is -0.747. The zero-order chi connectivity index (χ0) is 14.2. The first-order valence-electron chi connectivity index (χ1n) is 6.65. The van der Waals surface area contributed by atoms with Crippen molar-refractivity contribution in [1.29, 1.82) is 0 Å². The molecule has 1 N–H and O–H groups in total. The summed E-state index contributed by atoms with van der Waals surface area (Å²) in [4.78, 5) is 26.3. The summed E-state index contributed by atoms with van der Waals surface area (Å²) in [5.41, 5.74) is 0.624. The number of hydrogen-bond donors (Lipinski definition) is 1. The molecule has 3 rings (SSSR count). The minimum absolute atomic E-state index is 0.473. The van der Waals surface area contributed by atoms with Gasteiger partial charge in [0.2, 0.25) is 0 Å². The normalized spacial score (nSPS) is 22.9. The predicted octanol–water partition coefficient (Wildman–Crippen LogP) is 1.72. The van der Waals surface area contributed by atoms with E-state index in [1.165, 1.54) is 0 Å². The van der Waals surface area contributed by atoms with Crippen LogP contribution in [0, 0.1) is 5.41 Å². The predicted molar refractivity (Wildman–Crippen MR) is 74.5 cm³/mol. The van der Waals surface area contributed by atoms with Gasteiger partial charge in [-0.3, -0.25) is 9.78 Å². The number of nitrogens with zero attached hydrogens (tertiary/aromatic N) is 4. The van der Waals surface area contributed by atoms with Crippen molar-refractivity contribution in [2.45, 2.75) is 19.8 Å². The fourth-order valence-corrected chi connectivity index (χ4v) is 2.63. The molecule has 0 saturated carbocycles. The number of aromatic nitrogens is 3. The Morgan fingerprint density at radius 2 is 2.15 bits per heavy atom. The highest BCUT2D eigenvalue weighted by molar-refractivity contribution is 5.76. The van der Waals surface area contributed by atoms with Gasteiger partial charge in [-0.2, -0.15) is 0 Å². The average Bonchev–Trinajstić information content (AvgIpc) is 2.46. The maximum absolute atomic E-state index is 11.4. The summed E-state index contributed by atoms with van der Waals surface area (Å²) in [6.07, 6.45) is 4.79. The lowest BCUT2D eigenvalue weighted by molar-refractivity contribution is -0.148. The van der Waals surface area contributed by atoms with Crippen LogP contribution < -0.4 is 4.90 Å². The van der Waals surface area contributed by atoms with Crippen LogP contribution >= 0.6 is 0 Å². The highest BCUT2D eigenvalue weighted by Crippen LogP contribution is 2.32. The van der Waals surface area contributed by atoms with Gasteiger partial charge in [-0.15, -0.1) is 0 Å². The molecule has 1 saturated heterocycles. The highest BCUT2D eigenvalue weighted by Gasteiger charge is 2.38. The fraction of sp³-hybridized carbons (Fsp3) is 0.429. The second-order valence-electron chi connectivity index (χ2n) is 5.46. The van der Waals surface area contributed by atoms with Crippen molar-refractivity contribution in [2.24, 2.45) is 5.41 Å². The molecule has 3 heterocycles. The van der Waals surface area contributed by atoms with E-state index in [0.717, 1.165) is 24.3 Å². The topological polar surface area (TPSA) is 79.2 Å². The number of aliphatic carboxylic acids is 1. The lowest BCUT2D eigenvalue weighted by Gasteiger charge is -2.38. The quantitative estimate of drug-likeness (QED) is 0.896. The Morgan fingerprint density at radius 1 is 1.35 bits per heavy atom. The molecule has 0 amide bonds. The number of carboxylic acid groups (broad SMARTS) is 1. The number of carbonyl (C=O) groups is 1. The van der Waals surface area contributed by atoms with Crippen molar-refractivity contribution in [3.63, 3.8) is 0 Å². The van der Waals surface area contributed by atoms with Crippen LogP contribution in [0.25, 0.3) is 11.2 Å². The molecule has 2 aromatic rings. The molecule has 0 aliphatic carbocycles. The van der Waals surface area contributed by atoms with Crippen molar-refractivity contribution < 1.29 is 9.90 Å². The third-order valence-corrected chi connectivity index (χ3v) is 3.85. The van der Waals surface area contributed by atoms with Gasteiger partial charge in [0, 0.05) is 25.5 Å². The average molecular weight is 272 g/mol. The number of hydrogen-bond acceptors (Lipinski definition) is 5. The van der Waals surface area contributed by atoms with Crippen molar-refractivity contribution in [3.8, 4) is 0 Å². The Balaban J connectivity index is 1.92.